The number of methoxy groups -OCH3 is 2. The Labute approximate surface area is 219 Å². The summed E-state index contributed by atoms with van der Waals surface area (Å²) >= 11 is 0. The molecule has 3 N–H and O–H groups in total. The number of hydrogen-bond donors (Lipinski definition) is 3. The van der Waals surface area contributed by atoms with Crippen LogP contribution in [0.2, 0.25) is 0 Å². The minimum absolute atomic E-state index is 0.124. The Kier molecular flexibility index (Phi) is 9.78. The van der Waals surface area contributed by atoms with Gasteiger partial charge in [-0.3, -0.25) is 10.1 Å². The van der Waals surface area contributed by atoms with Gasteiger partial charge in [0.15, 0.2) is 18.4 Å². The van der Waals surface area contributed by atoms with Gasteiger partial charge in [0.1, 0.15) is 42.7 Å². The molecule has 14 heteroatoms. The van der Waals surface area contributed by atoms with Gasteiger partial charge >= 0.3 is 5.97 Å². The van der Waals surface area contributed by atoms with E-state index >= 15 is 0 Å². The molecular formula is C24H35NO13. The van der Waals surface area contributed by atoms with E-state index in [-0.39, 0.29) is 29.6 Å². The van der Waals surface area contributed by atoms with E-state index in [9.17, 15) is 30.2 Å². The average Bonchev–Trinajstić information content (AvgIpc) is 3.46. The molecule has 38 heavy (non-hydrogen) atoms. The van der Waals surface area contributed by atoms with Crippen LogP contribution in [0.15, 0.2) is 24.3 Å². The highest BCUT2D eigenvalue weighted by molar-refractivity contribution is 5.89. The monoisotopic (exact) mass is 545 g/mol. The Morgan fingerprint density at radius 3 is 2.03 bits per heavy atom. The Hall–Kier alpha value is -2.27. The summed E-state index contributed by atoms with van der Waals surface area (Å²) in [6, 6.07) is 4.91. The van der Waals surface area contributed by atoms with Crippen LogP contribution < -0.4 is 0 Å². The van der Waals surface area contributed by atoms with Crippen molar-refractivity contribution in [3.05, 3.63) is 39.9 Å². The van der Waals surface area contributed by atoms with Crippen molar-refractivity contribution in [2.24, 2.45) is 0 Å². The molecular weight excluding hydrogens is 510 g/mol. The van der Waals surface area contributed by atoms with Crippen LogP contribution >= 0.6 is 0 Å². The van der Waals surface area contributed by atoms with Gasteiger partial charge in [0.2, 0.25) is 0 Å². The molecule has 3 unspecified atom stereocenters. The third-order valence-corrected chi connectivity index (χ3v) is 6.31. The van der Waals surface area contributed by atoms with Crippen LogP contribution in [0.25, 0.3) is 0 Å². The normalized spacial score (nSPS) is 35.1. The molecule has 3 heterocycles. The summed E-state index contributed by atoms with van der Waals surface area (Å²) in [6.45, 7) is 6.87. The second-order valence-electron chi connectivity index (χ2n) is 9.61. The summed E-state index contributed by atoms with van der Waals surface area (Å²) in [5.41, 5.74) is -0.0195. The first-order valence-electron chi connectivity index (χ1n) is 12.0. The van der Waals surface area contributed by atoms with Crippen molar-refractivity contribution in [3.8, 4) is 0 Å². The maximum atomic E-state index is 12.0. The molecule has 1 aromatic rings. The highest BCUT2D eigenvalue weighted by atomic mass is 16.8. The number of nitrogens with zero attached hydrogens (tertiary/aromatic N) is 1. The van der Waals surface area contributed by atoms with Crippen molar-refractivity contribution in [1.29, 1.82) is 0 Å². The lowest BCUT2D eigenvalue weighted by molar-refractivity contribution is -0.384. The topological polar surface area (TPSA) is 186 Å². The molecule has 14 nitrogen and oxygen atoms in total. The van der Waals surface area contributed by atoms with Gasteiger partial charge in [-0.1, -0.05) is 0 Å². The van der Waals surface area contributed by atoms with Gasteiger partial charge < -0.3 is 48.5 Å². The number of esters is 1. The van der Waals surface area contributed by atoms with E-state index in [1.165, 1.54) is 38.3 Å². The molecule has 1 aromatic carbocycles. The van der Waals surface area contributed by atoms with Crippen molar-refractivity contribution in [3.63, 3.8) is 0 Å². The van der Waals surface area contributed by atoms with Crippen LogP contribution in [0, 0.1) is 10.1 Å². The predicted octanol–water partition coefficient (Wildman–Crippen LogP) is 0.492. The molecule has 0 saturated carbocycles. The molecule has 0 aliphatic carbocycles. The fourth-order valence-corrected chi connectivity index (χ4v) is 4.45. The van der Waals surface area contributed by atoms with E-state index < -0.39 is 59.8 Å². The highest BCUT2D eigenvalue weighted by Crippen LogP contribution is 2.39. The van der Waals surface area contributed by atoms with Crippen LogP contribution in [-0.4, -0.2) is 108 Å². The van der Waals surface area contributed by atoms with Gasteiger partial charge in [-0.15, -0.1) is 0 Å². The summed E-state index contributed by atoms with van der Waals surface area (Å²) < 4.78 is 37.4. The van der Waals surface area contributed by atoms with Crippen molar-refractivity contribution in [1.82, 2.24) is 0 Å². The summed E-state index contributed by atoms with van der Waals surface area (Å²) in [6.07, 6.45) is -7.29. The predicted molar refractivity (Wildman–Crippen MR) is 127 cm³/mol. The number of carbonyl (C=O) groups is 1. The standard InChI is InChI=1S/C14H17NO8.C10H18O5/c1-7(12-10(16)11(17)14(21-2)23-12)22-13(18)8-3-5-9(6-4-8)15(19)20;1-5(11)6-7-8(9(12-4)13-6)15-10(2,3)14-7/h3-7,10-12,14,16-17H,1-2H3;5-9,11H,1-4H3/t7-,10+,11-,12-,14?;5?,6-,7-,8-,9?/m11/s1. The first-order valence-corrected chi connectivity index (χ1v) is 12.0. The SMILES string of the molecule is COC1O[C@H](C(C)O)[C@H]2OC(C)(C)O[C@@H]12.COC1O[C@H]([C@@H](C)OC(=O)c2ccc([N+](=O)[O-])cc2)[C@@H](O)[C@H]1O. The van der Waals surface area contributed by atoms with E-state index in [1.807, 2.05) is 13.8 Å². The number of carbonyl (C=O) groups excluding carboxylic acids is 1. The fourth-order valence-electron chi connectivity index (χ4n) is 4.45. The number of nitro benzene ring substituents is 1. The summed E-state index contributed by atoms with van der Waals surface area (Å²) in [7, 11) is 2.87. The van der Waals surface area contributed by atoms with E-state index in [0.717, 1.165) is 0 Å². The lowest BCUT2D eigenvalue weighted by Crippen LogP contribution is -2.39. The minimum atomic E-state index is -1.26. The van der Waals surface area contributed by atoms with Gasteiger partial charge in [-0.25, -0.2) is 4.79 Å². The van der Waals surface area contributed by atoms with Gasteiger partial charge in [0.05, 0.1) is 16.6 Å². The van der Waals surface area contributed by atoms with Crippen LogP contribution in [0.3, 0.4) is 0 Å². The Bertz CT molecular complexity index is 955. The van der Waals surface area contributed by atoms with Crippen LogP contribution in [0.5, 0.6) is 0 Å². The maximum absolute atomic E-state index is 12.0. The number of benzene rings is 1. The zero-order valence-corrected chi connectivity index (χ0v) is 22.0. The van der Waals surface area contributed by atoms with Gasteiger partial charge in [-0.2, -0.15) is 0 Å². The average molecular weight is 546 g/mol. The van der Waals surface area contributed by atoms with Gasteiger partial charge in [0.25, 0.3) is 5.69 Å². The third-order valence-electron chi connectivity index (χ3n) is 6.31. The Balaban J connectivity index is 0.000000230. The quantitative estimate of drug-likeness (QED) is 0.244. The molecule has 0 spiro atoms. The molecule has 3 saturated heterocycles. The summed E-state index contributed by atoms with van der Waals surface area (Å²) in [5, 5.41) is 39.7. The van der Waals surface area contributed by atoms with Crippen LogP contribution in [-0.2, 0) is 33.2 Å². The molecule has 0 radical (unpaired) electrons. The number of non-ortho nitro benzene ring substituents is 1. The molecule has 4 rings (SSSR count). The number of aliphatic hydroxyl groups excluding tert-OH is 3. The van der Waals surface area contributed by atoms with E-state index in [0.29, 0.717) is 0 Å². The smallest absolute Gasteiger partial charge is 0.338 e. The number of nitro groups is 1. The first-order chi connectivity index (χ1) is 17.8. The van der Waals surface area contributed by atoms with Crippen molar-refractivity contribution in [2.45, 2.75) is 94.9 Å². The first kappa shape index (κ1) is 30.3. The Morgan fingerprint density at radius 2 is 1.53 bits per heavy atom. The van der Waals surface area contributed by atoms with E-state index in [2.05, 4.69) is 0 Å². The minimum Gasteiger partial charge on any atom is -0.456 e. The molecule has 0 amide bonds. The third kappa shape index (κ3) is 6.65. The maximum Gasteiger partial charge on any atom is 0.338 e. The molecule has 0 aromatic heterocycles. The molecule has 3 fully saturated rings. The van der Waals surface area contributed by atoms with Gasteiger partial charge in [0, 0.05) is 26.4 Å². The van der Waals surface area contributed by atoms with Crippen LogP contribution in [0.4, 0.5) is 5.69 Å². The summed E-state index contributed by atoms with van der Waals surface area (Å²) in [4.78, 5) is 22.0. The van der Waals surface area contributed by atoms with Crippen molar-refractivity contribution >= 4 is 11.7 Å². The molecule has 10 atom stereocenters. The van der Waals surface area contributed by atoms with Crippen molar-refractivity contribution in [2.75, 3.05) is 14.2 Å². The lowest BCUT2D eigenvalue weighted by Gasteiger charge is -2.24. The Morgan fingerprint density at radius 1 is 0.974 bits per heavy atom. The molecule has 214 valence electrons. The second kappa shape index (κ2) is 12.3. The zero-order valence-electron chi connectivity index (χ0n) is 22.0. The number of fused-ring (bicyclic) bond motifs is 1. The number of rotatable bonds is 7. The molecule has 3 aliphatic rings. The second-order valence-corrected chi connectivity index (χ2v) is 9.61. The molecule has 3 aliphatic heterocycles. The van der Waals surface area contributed by atoms with Crippen LogP contribution in [0.1, 0.15) is 38.1 Å². The number of hydrogen-bond acceptors (Lipinski definition) is 13. The fraction of sp³-hybridized carbons (Fsp3) is 0.708. The largest absolute Gasteiger partial charge is 0.456 e. The van der Waals surface area contributed by atoms with E-state index in [1.54, 1.807) is 14.0 Å². The molecule has 0 bridgehead atoms. The number of ether oxygens (including phenoxy) is 7. The van der Waals surface area contributed by atoms with E-state index in [4.69, 9.17) is 33.2 Å². The lowest BCUT2D eigenvalue weighted by atomic mass is 10.1. The summed E-state index contributed by atoms with van der Waals surface area (Å²) in [5.74, 6) is -1.36. The van der Waals surface area contributed by atoms with Gasteiger partial charge in [-0.05, 0) is 39.8 Å². The van der Waals surface area contributed by atoms with Crippen molar-refractivity contribution < 1.29 is 58.2 Å². The highest BCUT2D eigenvalue weighted by Gasteiger charge is 2.56. The zero-order chi connectivity index (χ0) is 28.4. The number of aliphatic hydroxyl groups is 3.